The molecule has 3 aromatic carbocycles. The molecule has 0 heterocycles. The van der Waals surface area contributed by atoms with Gasteiger partial charge >= 0.3 is 6.18 Å². The van der Waals surface area contributed by atoms with Crippen molar-refractivity contribution in [2.75, 3.05) is 48.7 Å². The maximum absolute atomic E-state index is 12.8. The predicted octanol–water partition coefficient (Wildman–Crippen LogP) is 8.31. The lowest BCUT2D eigenvalue weighted by Crippen LogP contribution is -2.26. The monoisotopic (exact) mass is 771 g/mol. The minimum atomic E-state index is -4.47. The predicted molar refractivity (Wildman–Crippen MR) is 184 cm³/mol. The molecule has 3 aromatic rings. The second-order valence-corrected chi connectivity index (χ2v) is 10.7. The molecule has 43 heavy (non-hydrogen) atoms. The van der Waals surface area contributed by atoms with Gasteiger partial charge in [-0.2, -0.15) is 13.2 Å². The van der Waals surface area contributed by atoms with E-state index in [1.807, 2.05) is 36.4 Å². The van der Waals surface area contributed by atoms with Crippen molar-refractivity contribution in [2.24, 2.45) is 11.5 Å². The Bertz CT molecular complexity index is 1170. The van der Waals surface area contributed by atoms with Crippen LogP contribution >= 0.6 is 56.1 Å². The molecule has 0 aliphatic rings. The molecule has 3 rings (SSSR count). The molecule has 1 amide bonds. The average Bonchev–Trinajstić information content (AvgIpc) is 2.95. The molecule has 0 aliphatic heterocycles. The zero-order valence-electron chi connectivity index (χ0n) is 24.0. The molecule has 0 saturated heterocycles. The van der Waals surface area contributed by atoms with Gasteiger partial charge in [-0.1, -0.05) is 39.1 Å². The van der Waals surface area contributed by atoms with Crippen molar-refractivity contribution in [3.05, 3.63) is 93.5 Å². The number of halogens is 7. The highest BCUT2D eigenvalue weighted by molar-refractivity contribution is 9.09. The summed E-state index contributed by atoms with van der Waals surface area (Å²) in [5.41, 5.74) is 12.0. The first-order chi connectivity index (χ1) is 20.0. The van der Waals surface area contributed by atoms with Crippen molar-refractivity contribution in [3.8, 4) is 0 Å². The van der Waals surface area contributed by atoms with Crippen molar-refractivity contribution in [1.29, 1.82) is 0 Å². The van der Waals surface area contributed by atoms with Crippen LogP contribution in [0.5, 0.6) is 0 Å². The number of carbonyl (C=O) groups excluding carboxylic acids is 1. The van der Waals surface area contributed by atoms with Gasteiger partial charge in [-0.15, -0.1) is 17.0 Å². The van der Waals surface area contributed by atoms with E-state index in [4.69, 9.17) is 34.7 Å². The van der Waals surface area contributed by atoms with E-state index < -0.39 is 17.6 Å². The van der Waals surface area contributed by atoms with Crippen molar-refractivity contribution in [3.63, 3.8) is 0 Å². The van der Waals surface area contributed by atoms with Gasteiger partial charge in [-0.25, -0.2) is 0 Å². The van der Waals surface area contributed by atoms with Crippen molar-refractivity contribution < 1.29 is 18.0 Å². The zero-order valence-corrected chi connectivity index (χ0v) is 28.8. The van der Waals surface area contributed by atoms with E-state index in [9.17, 15) is 18.0 Å². The van der Waals surface area contributed by atoms with Crippen LogP contribution in [0.1, 0.15) is 40.7 Å². The molecule has 6 nitrogen and oxygen atoms in total. The van der Waals surface area contributed by atoms with E-state index in [0.717, 1.165) is 66.3 Å². The number of carbonyl (C=O) groups is 1. The quantitative estimate of drug-likeness (QED) is 0.0942. The number of hydrogen-bond donors (Lipinski definition) is 5. The molecular formula is C30H40Br2Cl2F3N5O. The number of nitrogens with one attached hydrogen (secondary N) is 3. The summed E-state index contributed by atoms with van der Waals surface area (Å²) in [5.74, 6) is -0.513. The van der Waals surface area contributed by atoms with Gasteiger partial charge in [0.15, 0.2) is 0 Å². The molecule has 240 valence electrons. The number of alkyl halides is 4. The van der Waals surface area contributed by atoms with E-state index in [2.05, 4.69) is 31.9 Å². The summed E-state index contributed by atoms with van der Waals surface area (Å²) in [6, 6.07) is 18.2. The third-order valence-electron chi connectivity index (χ3n) is 5.37. The fourth-order valence-corrected chi connectivity index (χ4v) is 3.83. The lowest BCUT2D eigenvalue weighted by atomic mass is 10.1. The molecule has 0 aromatic heterocycles. The van der Waals surface area contributed by atoms with Gasteiger partial charge in [0.1, 0.15) is 0 Å². The van der Waals surface area contributed by atoms with Crippen LogP contribution in [0, 0.1) is 6.92 Å². The standard InChI is InChI=1S/C18H18ClF3N2O.C9H13ClN2.C3H8BrN.BrH/c1-12-9-13(11-14(10-12)18(20,21)22)17(25)24-8-2-7-23-16-5-3-15(19)4-6-16;10-8-2-4-9(5-3-8)12-7-1-6-11;4-2-1-3-5;/h3-6,9-11,23H,2,7-8H2,1H3,(H,24,25);2-5,12H,1,6-7,11H2;1-3,5H2;1H. The lowest BCUT2D eigenvalue weighted by molar-refractivity contribution is -0.137. The summed E-state index contributed by atoms with van der Waals surface area (Å²) in [6.45, 7) is 4.93. The Morgan fingerprint density at radius 2 is 1.28 bits per heavy atom. The van der Waals surface area contributed by atoms with Crippen LogP contribution in [0.3, 0.4) is 0 Å². The Hall–Kier alpha value is -2.02. The Kier molecular flexibility index (Phi) is 22.3. The van der Waals surface area contributed by atoms with Crippen LogP contribution in [-0.4, -0.2) is 44.0 Å². The summed E-state index contributed by atoms with van der Waals surface area (Å²) in [6.07, 6.45) is -1.77. The van der Waals surface area contributed by atoms with Crippen molar-refractivity contribution in [1.82, 2.24) is 5.32 Å². The number of amides is 1. The minimum Gasteiger partial charge on any atom is -0.385 e. The molecule has 0 fully saturated rings. The molecular weight excluding hydrogens is 734 g/mol. The first kappa shape index (κ1) is 41.0. The molecule has 0 atom stereocenters. The first-order valence-electron chi connectivity index (χ1n) is 13.4. The van der Waals surface area contributed by atoms with Crippen molar-refractivity contribution in [2.45, 2.75) is 32.4 Å². The van der Waals surface area contributed by atoms with E-state index in [-0.39, 0.29) is 22.5 Å². The van der Waals surface area contributed by atoms with Gasteiger partial charge in [0.2, 0.25) is 0 Å². The van der Waals surface area contributed by atoms with E-state index in [1.54, 1.807) is 12.1 Å². The minimum absolute atomic E-state index is 0. The Balaban J connectivity index is 0.000000813. The van der Waals surface area contributed by atoms with Crippen LogP contribution in [0.25, 0.3) is 0 Å². The Morgan fingerprint density at radius 3 is 1.70 bits per heavy atom. The molecule has 7 N–H and O–H groups in total. The van der Waals surface area contributed by atoms with Crippen LogP contribution < -0.4 is 27.4 Å². The summed E-state index contributed by atoms with van der Waals surface area (Å²) in [5, 5.41) is 11.5. The van der Waals surface area contributed by atoms with Gasteiger partial charge in [-0.05, 0) is 112 Å². The van der Waals surface area contributed by atoms with Gasteiger partial charge in [0.25, 0.3) is 5.91 Å². The molecule has 0 spiro atoms. The van der Waals surface area contributed by atoms with Crippen LogP contribution in [-0.2, 0) is 6.18 Å². The second kappa shape index (κ2) is 23.4. The lowest BCUT2D eigenvalue weighted by Gasteiger charge is -2.11. The average molecular weight is 774 g/mol. The van der Waals surface area contributed by atoms with Crippen LogP contribution in [0.4, 0.5) is 24.5 Å². The topological polar surface area (TPSA) is 105 Å². The highest BCUT2D eigenvalue weighted by Crippen LogP contribution is 2.30. The smallest absolute Gasteiger partial charge is 0.385 e. The van der Waals surface area contributed by atoms with Gasteiger partial charge < -0.3 is 27.4 Å². The fraction of sp³-hybridized carbons (Fsp3) is 0.367. The highest BCUT2D eigenvalue weighted by atomic mass is 79.9. The van der Waals surface area contributed by atoms with E-state index >= 15 is 0 Å². The van der Waals surface area contributed by atoms with E-state index in [1.165, 1.54) is 13.0 Å². The first-order valence-corrected chi connectivity index (χ1v) is 15.3. The largest absolute Gasteiger partial charge is 0.416 e. The second-order valence-electron chi connectivity index (χ2n) is 9.04. The SMILES string of the molecule is Br.Cc1cc(C(=O)NCCCNc2ccc(Cl)cc2)cc(C(F)(F)F)c1.NCCCBr.NCCCNc1ccc(Cl)cc1. The van der Waals surface area contributed by atoms with Crippen LogP contribution in [0.15, 0.2) is 66.7 Å². The third-order valence-corrected chi connectivity index (χ3v) is 6.44. The summed E-state index contributed by atoms with van der Waals surface area (Å²) in [4.78, 5) is 12.0. The normalized spacial score (nSPS) is 10.3. The van der Waals surface area contributed by atoms with Gasteiger partial charge in [0.05, 0.1) is 5.56 Å². The van der Waals surface area contributed by atoms with Crippen molar-refractivity contribution >= 4 is 73.4 Å². The number of hydrogen-bond acceptors (Lipinski definition) is 5. The molecule has 0 aliphatic carbocycles. The summed E-state index contributed by atoms with van der Waals surface area (Å²) in [7, 11) is 0. The van der Waals surface area contributed by atoms with Gasteiger partial charge in [0, 0.05) is 51.9 Å². The summed E-state index contributed by atoms with van der Waals surface area (Å²) < 4.78 is 38.4. The number of benzene rings is 3. The van der Waals surface area contributed by atoms with Gasteiger partial charge in [-0.3, -0.25) is 4.79 Å². The number of anilines is 2. The molecule has 0 radical (unpaired) electrons. The highest BCUT2D eigenvalue weighted by Gasteiger charge is 2.31. The number of rotatable bonds is 12. The number of nitrogens with two attached hydrogens (primary N) is 2. The molecule has 0 unspecified atom stereocenters. The summed E-state index contributed by atoms with van der Waals surface area (Å²) >= 11 is 14.7. The Morgan fingerprint density at radius 1 is 0.791 bits per heavy atom. The maximum atomic E-state index is 12.8. The Labute approximate surface area is 281 Å². The fourth-order valence-electron chi connectivity index (χ4n) is 3.25. The molecule has 13 heteroatoms. The third kappa shape index (κ3) is 19.1. The zero-order chi connectivity index (χ0) is 31.4. The maximum Gasteiger partial charge on any atom is 0.416 e. The van der Waals surface area contributed by atoms with Crippen LogP contribution in [0.2, 0.25) is 10.0 Å². The molecule has 0 bridgehead atoms. The van der Waals surface area contributed by atoms with E-state index in [0.29, 0.717) is 30.1 Å². The number of aryl methyl sites for hydroxylation is 1. The molecule has 0 saturated carbocycles.